The molecule has 3 rings (SSSR count). The molecule has 0 aliphatic heterocycles. The van der Waals surface area contributed by atoms with Gasteiger partial charge >= 0.3 is 5.69 Å². The predicted molar refractivity (Wildman–Crippen MR) is 95.7 cm³/mol. The van der Waals surface area contributed by atoms with Crippen LogP contribution in [0.25, 0.3) is 11.0 Å². The SMILES string of the molecule is C=C(CC)Nc1ncc2[nH]c(=O)nc(Nc3ccc(F)c(Cl)c3)c2n1. The van der Waals surface area contributed by atoms with Crippen molar-refractivity contribution >= 4 is 40.1 Å². The van der Waals surface area contributed by atoms with Crippen molar-refractivity contribution in [3.63, 3.8) is 0 Å². The zero-order valence-corrected chi connectivity index (χ0v) is 14.0. The maximum Gasteiger partial charge on any atom is 0.347 e. The zero-order chi connectivity index (χ0) is 18.0. The standard InChI is InChI=1S/C16H14ClFN6O/c1-3-8(2)20-15-19-7-12-13(23-15)14(24-16(25)22-12)21-9-4-5-11(18)10(17)6-9/h4-7H,2-3H2,1H3,(H,19,20,23)(H2,21,22,24,25). The lowest BCUT2D eigenvalue weighted by molar-refractivity contribution is 0.628. The molecule has 0 unspecified atom stereocenters. The Labute approximate surface area is 147 Å². The summed E-state index contributed by atoms with van der Waals surface area (Å²) in [6.45, 7) is 5.79. The first-order valence-corrected chi connectivity index (χ1v) is 7.78. The average molecular weight is 361 g/mol. The summed E-state index contributed by atoms with van der Waals surface area (Å²) >= 11 is 5.78. The van der Waals surface area contributed by atoms with Crippen molar-refractivity contribution in [3.8, 4) is 0 Å². The Morgan fingerprint density at radius 2 is 2.20 bits per heavy atom. The number of anilines is 3. The lowest BCUT2D eigenvalue weighted by atomic mass is 10.3. The third-order valence-corrected chi connectivity index (χ3v) is 3.66. The van der Waals surface area contributed by atoms with Gasteiger partial charge in [0.1, 0.15) is 11.3 Å². The van der Waals surface area contributed by atoms with Crippen LogP contribution in [0.15, 0.2) is 41.5 Å². The number of nitrogens with one attached hydrogen (secondary N) is 3. The zero-order valence-electron chi connectivity index (χ0n) is 13.2. The van der Waals surface area contributed by atoms with Crippen LogP contribution in [0.4, 0.5) is 21.8 Å². The number of rotatable bonds is 5. The Morgan fingerprint density at radius 1 is 1.40 bits per heavy atom. The molecule has 0 saturated heterocycles. The number of aromatic nitrogens is 4. The van der Waals surface area contributed by atoms with E-state index in [0.29, 0.717) is 29.1 Å². The van der Waals surface area contributed by atoms with Crippen LogP contribution < -0.4 is 16.3 Å². The minimum Gasteiger partial charge on any atom is -0.338 e. The van der Waals surface area contributed by atoms with Crippen LogP contribution in [0.2, 0.25) is 5.02 Å². The van der Waals surface area contributed by atoms with Gasteiger partial charge in [-0.15, -0.1) is 0 Å². The highest BCUT2D eigenvalue weighted by Crippen LogP contribution is 2.24. The molecule has 128 valence electrons. The van der Waals surface area contributed by atoms with Crippen LogP contribution >= 0.6 is 11.6 Å². The van der Waals surface area contributed by atoms with Gasteiger partial charge in [-0.1, -0.05) is 25.1 Å². The van der Waals surface area contributed by atoms with Gasteiger partial charge in [-0.3, -0.25) is 0 Å². The minimum atomic E-state index is -0.564. The second kappa shape index (κ2) is 6.86. The van der Waals surface area contributed by atoms with Crippen molar-refractivity contribution in [1.29, 1.82) is 0 Å². The van der Waals surface area contributed by atoms with Gasteiger partial charge in [0.25, 0.3) is 0 Å². The molecule has 3 N–H and O–H groups in total. The van der Waals surface area contributed by atoms with E-state index in [1.54, 1.807) is 0 Å². The number of H-pyrrole nitrogens is 1. The molecule has 0 bridgehead atoms. The van der Waals surface area contributed by atoms with Crippen LogP contribution in [0, 0.1) is 5.82 Å². The highest BCUT2D eigenvalue weighted by atomic mass is 35.5. The van der Waals surface area contributed by atoms with Gasteiger partial charge in [-0.05, 0) is 24.6 Å². The lowest BCUT2D eigenvalue weighted by Gasteiger charge is -2.10. The first-order chi connectivity index (χ1) is 12.0. The molecule has 0 fully saturated rings. The molecule has 9 heteroatoms. The monoisotopic (exact) mass is 360 g/mol. The largest absolute Gasteiger partial charge is 0.347 e. The molecule has 0 aliphatic rings. The smallest absolute Gasteiger partial charge is 0.338 e. The first-order valence-electron chi connectivity index (χ1n) is 7.40. The van der Waals surface area contributed by atoms with Gasteiger partial charge in [-0.25, -0.2) is 19.2 Å². The molecule has 2 heterocycles. The van der Waals surface area contributed by atoms with E-state index in [9.17, 15) is 9.18 Å². The molecule has 0 radical (unpaired) electrons. The summed E-state index contributed by atoms with van der Waals surface area (Å²) in [4.78, 5) is 26.7. The summed E-state index contributed by atoms with van der Waals surface area (Å²) in [7, 11) is 0. The second-order valence-electron chi connectivity index (χ2n) is 5.18. The van der Waals surface area contributed by atoms with E-state index in [1.165, 1.54) is 24.4 Å². The quantitative estimate of drug-likeness (QED) is 0.643. The van der Waals surface area contributed by atoms with Crippen molar-refractivity contribution in [3.05, 3.63) is 58.0 Å². The summed E-state index contributed by atoms with van der Waals surface area (Å²) in [5.41, 5.74) is 1.45. The molecular formula is C16H14ClFN6O. The third-order valence-electron chi connectivity index (χ3n) is 3.37. The number of aromatic amines is 1. The highest BCUT2D eigenvalue weighted by molar-refractivity contribution is 6.31. The maximum absolute atomic E-state index is 13.3. The first kappa shape index (κ1) is 16.8. The van der Waals surface area contributed by atoms with Gasteiger partial charge in [-0.2, -0.15) is 4.98 Å². The van der Waals surface area contributed by atoms with E-state index in [2.05, 4.69) is 37.1 Å². The van der Waals surface area contributed by atoms with Crippen molar-refractivity contribution in [1.82, 2.24) is 19.9 Å². The number of fused-ring (bicyclic) bond motifs is 1. The number of hydrogen-bond acceptors (Lipinski definition) is 6. The van der Waals surface area contributed by atoms with Gasteiger partial charge in [0.15, 0.2) is 5.82 Å². The van der Waals surface area contributed by atoms with Crippen molar-refractivity contribution in [2.75, 3.05) is 10.6 Å². The van der Waals surface area contributed by atoms with E-state index < -0.39 is 11.5 Å². The molecule has 3 aromatic rings. The Morgan fingerprint density at radius 3 is 2.92 bits per heavy atom. The predicted octanol–water partition coefficient (Wildman–Crippen LogP) is 3.58. The number of halogens is 2. The number of hydrogen-bond donors (Lipinski definition) is 3. The van der Waals surface area contributed by atoms with Gasteiger partial charge in [0.2, 0.25) is 5.95 Å². The summed E-state index contributed by atoms with van der Waals surface area (Å²) in [5, 5.41) is 5.85. The van der Waals surface area contributed by atoms with Crippen LogP contribution in [0.1, 0.15) is 13.3 Å². The Balaban J connectivity index is 2.05. The summed E-state index contributed by atoms with van der Waals surface area (Å²) < 4.78 is 13.3. The molecule has 2 aromatic heterocycles. The molecule has 0 amide bonds. The fourth-order valence-corrected chi connectivity index (χ4v) is 2.24. The Bertz CT molecular complexity index is 1020. The number of nitrogens with zero attached hydrogens (tertiary/aromatic N) is 3. The fourth-order valence-electron chi connectivity index (χ4n) is 2.06. The van der Waals surface area contributed by atoms with E-state index in [1.807, 2.05) is 6.92 Å². The molecule has 0 saturated carbocycles. The fraction of sp³-hybridized carbons (Fsp3) is 0.125. The van der Waals surface area contributed by atoms with Crippen LogP contribution in [-0.4, -0.2) is 19.9 Å². The topological polar surface area (TPSA) is 95.6 Å². The molecule has 25 heavy (non-hydrogen) atoms. The van der Waals surface area contributed by atoms with E-state index in [0.717, 1.165) is 5.70 Å². The molecular weight excluding hydrogens is 347 g/mol. The van der Waals surface area contributed by atoms with Crippen molar-refractivity contribution in [2.45, 2.75) is 13.3 Å². The second-order valence-corrected chi connectivity index (χ2v) is 5.59. The summed E-state index contributed by atoms with van der Waals surface area (Å²) in [5.74, 6) is -0.00907. The number of allylic oxidation sites excluding steroid dienone is 1. The van der Waals surface area contributed by atoms with Crippen molar-refractivity contribution in [2.24, 2.45) is 0 Å². The Hall–Kier alpha value is -3.00. The van der Waals surface area contributed by atoms with Crippen LogP contribution in [0.3, 0.4) is 0 Å². The molecule has 0 aliphatic carbocycles. The third kappa shape index (κ3) is 3.74. The van der Waals surface area contributed by atoms with E-state index in [-0.39, 0.29) is 10.8 Å². The maximum atomic E-state index is 13.3. The average Bonchev–Trinajstić information content (AvgIpc) is 2.58. The summed E-state index contributed by atoms with van der Waals surface area (Å²) in [6, 6.07) is 4.09. The normalized spacial score (nSPS) is 10.7. The summed E-state index contributed by atoms with van der Waals surface area (Å²) in [6.07, 6.45) is 2.18. The van der Waals surface area contributed by atoms with E-state index >= 15 is 0 Å². The highest BCUT2D eigenvalue weighted by Gasteiger charge is 2.10. The van der Waals surface area contributed by atoms with Crippen molar-refractivity contribution < 1.29 is 4.39 Å². The number of benzene rings is 1. The van der Waals surface area contributed by atoms with E-state index in [4.69, 9.17) is 11.6 Å². The lowest BCUT2D eigenvalue weighted by Crippen LogP contribution is -2.14. The van der Waals surface area contributed by atoms with Gasteiger partial charge in [0, 0.05) is 11.4 Å². The molecule has 7 nitrogen and oxygen atoms in total. The Kier molecular flexibility index (Phi) is 4.62. The molecule has 1 aromatic carbocycles. The minimum absolute atomic E-state index is 0.0460. The molecule has 0 atom stereocenters. The molecule has 0 spiro atoms. The van der Waals surface area contributed by atoms with Gasteiger partial charge in [0.05, 0.1) is 16.7 Å². The van der Waals surface area contributed by atoms with Gasteiger partial charge < -0.3 is 15.6 Å². The van der Waals surface area contributed by atoms with Crippen LogP contribution in [-0.2, 0) is 0 Å². The van der Waals surface area contributed by atoms with Crippen LogP contribution in [0.5, 0.6) is 0 Å².